The van der Waals surface area contributed by atoms with Crippen LogP contribution in [0.4, 0.5) is 0 Å². The summed E-state index contributed by atoms with van der Waals surface area (Å²) < 4.78 is 5.78. The number of hydrogen-bond donors (Lipinski definition) is 1. The van der Waals surface area contributed by atoms with Crippen LogP contribution in [-0.4, -0.2) is 19.1 Å². The molecule has 1 heterocycles. The molecule has 0 radical (unpaired) electrons. The maximum absolute atomic E-state index is 12.3. The van der Waals surface area contributed by atoms with Gasteiger partial charge in [0.1, 0.15) is 5.75 Å². The summed E-state index contributed by atoms with van der Waals surface area (Å²) in [6.45, 7) is 1.31. The predicted molar refractivity (Wildman–Crippen MR) is 99.8 cm³/mol. The van der Waals surface area contributed by atoms with Gasteiger partial charge >= 0.3 is 0 Å². The summed E-state index contributed by atoms with van der Waals surface area (Å²) in [7, 11) is 0. The average molecular weight is 331 g/mol. The molecule has 0 saturated carbocycles. The molecular weight excluding hydrogens is 310 g/mol. The van der Waals surface area contributed by atoms with Crippen LogP contribution in [0, 0.1) is 5.92 Å². The van der Waals surface area contributed by atoms with Crippen LogP contribution in [-0.2, 0) is 17.6 Å². The molecule has 4 rings (SSSR count). The van der Waals surface area contributed by atoms with Crippen molar-refractivity contribution in [1.29, 1.82) is 0 Å². The van der Waals surface area contributed by atoms with Crippen molar-refractivity contribution < 1.29 is 9.53 Å². The van der Waals surface area contributed by atoms with Gasteiger partial charge in [0.25, 0.3) is 0 Å². The van der Waals surface area contributed by atoms with E-state index >= 15 is 0 Å². The van der Waals surface area contributed by atoms with Gasteiger partial charge in [0.15, 0.2) is 0 Å². The lowest BCUT2D eigenvalue weighted by atomic mass is 9.96. The van der Waals surface area contributed by atoms with Crippen LogP contribution in [0.25, 0.3) is 10.8 Å². The fraction of sp³-hybridized carbons (Fsp3) is 0.227. The third kappa shape index (κ3) is 3.66. The van der Waals surface area contributed by atoms with E-state index in [1.807, 2.05) is 36.4 Å². The Hall–Kier alpha value is -2.81. The van der Waals surface area contributed by atoms with Crippen molar-refractivity contribution >= 4 is 16.7 Å². The molecule has 3 heteroatoms. The lowest BCUT2D eigenvalue weighted by Gasteiger charge is -2.25. The Kier molecular flexibility index (Phi) is 4.38. The summed E-state index contributed by atoms with van der Waals surface area (Å²) >= 11 is 0. The van der Waals surface area contributed by atoms with Crippen molar-refractivity contribution in [2.24, 2.45) is 5.92 Å². The number of carbonyl (C=O) groups is 1. The van der Waals surface area contributed by atoms with Crippen molar-refractivity contribution in [1.82, 2.24) is 5.32 Å². The lowest BCUT2D eigenvalue weighted by molar-refractivity contribution is -0.120. The van der Waals surface area contributed by atoms with Gasteiger partial charge in [0.2, 0.25) is 5.91 Å². The molecule has 1 amide bonds. The number of hydrogen-bond acceptors (Lipinski definition) is 2. The maximum Gasteiger partial charge on any atom is 0.224 e. The first-order valence-electron chi connectivity index (χ1n) is 8.73. The molecule has 3 nitrogen and oxygen atoms in total. The molecule has 1 atom stereocenters. The summed E-state index contributed by atoms with van der Waals surface area (Å²) in [5.41, 5.74) is 2.27. The lowest BCUT2D eigenvalue weighted by Crippen LogP contribution is -2.35. The van der Waals surface area contributed by atoms with Crippen LogP contribution in [0.1, 0.15) is 11.1 Å². The Bertz CT molecular complexity index is 903. The Morgan fingerprint density at radius 2 is 1.80 bits per heavy atom. The molecule has 0 aromatic heterocycles. The molecule has 1 aliphatic heterocycles. The second-order valence-electron chi connectivity index (χ2n) is 6.65. The van der Waals surface area contributed by atoms with Gasteiger partial charge in [-0.3, -0.25) is 4.79 Å². The van der Waals surface area contributed by atoms with Crippen molar-refractivity contribution in [2.75, 3.05) is 13.2 Å². The van der Waals surface area contributed by atoms with Crippen LogP contribution in [0.5, 0.6) is 5.75 Å². The van der Waals surface area contributed by atoms with Gasteiger partial charge in [-0.25, -0.2) is 0 Å². The Labute approximate surface area is 147 Å². The molecule has 25 heavy (non-hydrogen) atoms. The Morgan fingerprint density at radius 1 is 1.00 bits per heavy atom. The third-order valence-electron chi connectivity index (χ3n) is 4.72. The van der Waals surface area contributed by atoms with E-state index in [1.54, 1.807) is 0 Å². The molecule has 0 bridgehead atoms. The average Bonchev–Trinajstić information content (AvgIpc) is 2.66. The van der Waals surface area contributed by atoms with Gasteiger partial charge < -0.3 is 10.1 Å². The van der Waals surface area contributed by atoms with Crippen LogP contribution in [0.2, 0.25) is 0 Å². The summed E-state index contributed by atoms with van der Waals surface area (Å²) in [4.78, 5) is 12.3. The predicted octanol–water partition coefficient (Wildman–Crippen LogP) is 3.75. The number of ether oxygens (including phenoxy) is 1. The van der Waals surface area contributed by atoms with E-state index in [2.05, 4.69) is 35.6 Å². The zero-order chi connectivity index (χ0) is 17.1. The quantitative estimate of drug-likeness (QED) is 0.791. The van der Waals surface area contributed by atoms with Crippen molar-refractivity contribution in [2.45, 2.75) is 12.8 Å². The van der Waals surface area contributed by atoms with E-state index in [4.69, 9.17) is 4.74 Å². The Morgan fingerprint density at radius 3 is 2.72 bits per heavy atom. The highest BCUT2D eigenvalue weighted by molar-refractivity contribution is 5.85. The van der Waals surface area contributed by atoms with Gasteiger partial charge in [-0.15, -0.1) is 0 Å². The number of carbonyl (C=O) groups excluding carboxylic acids is 1. The molecule has 0 fully saturated rings. The molecule has 126 valence electrons. The van der Waals surface area contributed by atoms with E-state index in [9.17, 15) is 4.79 Å². The molecule has 1 aliphatic rings. The van der Waals surface area contributed by atoms with Crippen molar-refractivity contribution in [3.63, 3.8) is 0 Å². The second kappa shape index (κ2) is 6.98. The maximum atomic E-state index is 12.3. The van der Waals surface area contributed by atoms with Crippen LogP contribution in [0.3, 0.4) is 0 Å². The number of rotatable bonds is 4. The fourth-order valence-corrected chi connectivity index (χ4v) is 3.38. The fourth-order valence-electron chi connectivity index (χ4n) is 3.38. The van der Waals surface area contributed by atoms with Crippen LogP contribution in [0.15, 0.2) is 66.7 Å². The normalized spacial score (nSPS) is 16.1. The SMILES string of the molecule is O=C(Cc1ccc2ccccc2c1)NCC1COc2ccccc2C1. The van der Waals surface area contributed by atoms with Crippen molar-refractivity contribution in [3.05, 3.63) is 77.9 Å². The third-order valence-corrected chi connectivity index (χ3v) is 4.72. The minimum absolute atomic E-state index is 0.0640. The summed E-state index contributed by atoms with van der Waals surface area (Å²) in [5.74, 6) is 1.37. The van der Waals surface area contributed by atoms with Crippen LogP contribution < -0.4 is 10.1 Å². The summed E-state index contributed by atoms with van der Waals surface area (Å²) in [5, 5.41) is 5.43. The van der Waals surface area contributed by atoms with Gasteiger partial charge in [-0.05, 0) is 34.4 Å². The molecule has 0 saturated heterocycles. The van der Waals surface area contributed by atoms with Gasteiger partial charge in [0, 0.05) is 12.5 Å². The first-order valence-corrected chi connectivity index (χ1v) is 8.73. The van der Waals surface area contributed by atoms with E-state index in [1.165, 1.54) is 16.3 Å². The molecule has 0 spiro atoms. The standard InChI is InChI=1S/C22H21NO2/c24-22(13-16-9-10-18-5-1-2-6-19(18)11-16)23-14-17-12-20-7-3-4-8-21(20)25-15-17/h1-11,17H,12-15H2,(H,23,24). The minimum atomic E-state index is 0.0640. The zero-order valence-corrected chi connectivity index (χ0v) is 14.1. The summed E-state index contributed by atoms with van der Waals surface area (Å²) in [6, 6.07) is 22.5. The largest absolute Gasteiger partial charge is 0.493 e. The van der Waals surface area contributed by atoms with E-state index in [-0.39, 0.29) is 5.91 Å². The molecule has 3 aromatic carbocycles. The number of fused-ring (bicyclic) bond motifs is 2. The highest BCUT2D eigenvalue weighted by Crippen LogP contribution is 2.26. The smallest absolute Gasteiger partial charge is 0.224 e. The minimum Gasteiger partial charge on any atom is -0.493 e. The van der Waals surface area contributed by atoms with E-state index in [0.717, 1.165) is 17.7 Å². The number of amides is 1. The first-order chi connectivity index (χ1) is 12.3. The van der Waals surface area contributed by atoms with Crippen molar-refractivity contribution in [3.8, 4) is 5.75 Å². The van der Waals surface area contributed by atoms with Crippen LogP contribution >= 0.6 is 0 Å². The second-order valence-corrected chi connectivity index (χ2v) is 6.65. The van der Waals surface area contributed by atoms with Gasteiger partial charge in [0.05, 0.1) is 13.0 Å². The zero-order valence-electron chi connectivity index (χ0n) is 14.1. The number of nitrogens with one attached hydrogen (secondary N) is 1. The summed E-state index contributed by atoms with van der Waals surface area (Å²) in [6.07, 6.45) is 1.36. The van der Waals surface area contributed by atoms with E-state index < -0.39 is 0 Å². The molecule has 3 aromatic rings. The monoisotopic (exact) mass is 331 g/mol. The molecule has 1 N–H and O–H groups in total. The first kappa shape index (κ1) is 15.7. The molecular formula is C22H21NO2. The topological polar surface area (TPSA) is 38.3 Å². The highest BCUT2D eigenvalue weighted by Gasteiger charge is 2.19. The number of para-hydroxylation sites is 1. The van der Waals surface area contributed by atoms with E-state index in [0.29, 0.717) is 25.5 Å². The Balaban J connectivity index is 1.33. The molecule has 1 unspecified atom stereocenters. The number of benzene rings is 3. The molecule has 0 aliphatic carbocycles. The highest BCUT2D eigenvalue weighted by atomic mass is 16.5. The van der Waals surface area contributed by atoms with Gasteiger partial charge in [-0.2, -0.15) is 0 Å². The van der Waals surface area contributed by atoms with Gasteiger partial charge in [-0.1, -0.05) is 60.7 Å².